The number of hydrogen-bond acceptors (Lipinski definition) is 2. The molecule has 1 aromatic carbocycles. The molecule has 0 spiro atoms. The number of benzene rings is 1. The molecule has 0 saturated heterocycles. The lowest BCUT2D eigenvalue weighted by molar-refractivity contribution is 0.457. The van der Waals surface area contributed by atoms with Crippen molar-refractivity contribution in [2.45, 2.75) is 33.7 Å². The molecule has 0 aliphatic heterocycles. The SMILES string of the molecule is CC1(C)C(Nc2cc(Br)ccc2C(N)=S)C1(C)C. The fraction of sp³-hybridized carbons (Fsp3) is 0.500. The second-order valence-electron chi connectivity index (χ2n) is 6.07. The quantitative estimate of drug-likeness (QED) is 0.826. The van der Waals surface area contributed by atoms with Crippen LogP contribution in [0.1, 0.15) is 33.3 Å². The van der Waals surface area contributed by atoms with Crippen molar-refractivity contribution in [3.05, 3.63) is 28.2 Å². The molecule has 0 bridgehead atoms. The molecule has 0 radical (unpaired) electrons. The summed E-state index contributed by atoms with van der Waals surface area (Å²) < 4.78 is 1.03. The van der Waals surface area contributed by atoms with Crippen molar-refractivity contribution in [1.29, 1.82) is 0 Å². The summed E-state index contributed by atoms with van der Waals surface area (Å²) in [6, 6.07) is 6.39. The average molecular weight is 327 g/mol. The number of anilines is 1. The molecule has 0 aromatic heterocycles. The molecular weight excluding hydrogens is 308 g/mol. The molecule has 4 heteroatoms. The lowest BCUT2D eigenvalue weighted by Gasteiger charge is -2.13. The van der Waals surface area contributed by atoms with Gasteiger partial charge in [0.1, 0.15) is 4.99 Å². The van der Waals surface area contributed by atoms with Gasteiger partial charge in [0.15, 0.2) is 0 Å². The molecular formula is C14H19BrN2S. The highest BCUT2D eigenvalue weighted by Crippen LogP contribution is 2.63. The average Bonchev–Trinajstić information content (AvgIpc) is 2.60. The van der Waals surface area contributed by atoms with Gasteiger partial charge in [0, 0.05) is 21.8 Å². The highest BCUT2D eigenvalue weighted by Gasteiger charge is 2.65. The molecule has 2 rings (SSSR count). The Kier molecular flexibility index (Phi) is 3.23. The van der Waals surface area contributed by atoms with Crippen LogP contribution in [0.3, 0.4) is 0 Å². The Balaban J connectivity index is 2.31. The molecule has 0 atom stereocenters. The van der Waals surface area contributed by atoms with Crippen LogP contribution in [-0.2, 0) is 0 Å². The molecule has 1 aliphatic rings. The van der Waals surface area contributed by atoms with Crippen LogP contribution >= 0.6 is 28.1 Å². The summed E-state index contributed by atoms with van der Waals surface area (Å²) in [6.07, 6.45) is 0. The van der Waals surface area contributed by atoms with Gasteiger partial charge in [-0.3, -0.25) is 0 Å². The number of halogens is 1. The summed E-state index contributed by atoms with van der Waals surface area (Å²) in [6.45, 7) is 9.12. The third kappa shape index (κ3) is 2.05. The Bertz CT molecular complexity index is 495. The molecule has 0 unspecified atom stereocenters. The summed E-state index contributed by atoms with van der Waals surface area (Å²) in [7, 11) is 0. The summed E-state index contributed by atoms with van der Waals surface area (Å²) in [4.78, 5) is 0.432. The zero-order chi connectivity index (χ0) is 13.7. The standard InChI is InChI=1S/C14H19BrN2S/c1-13(2)12(14(13,3)4)17-10-7-8(15)5-6-9(10)11(16)18/h5-7,12,17H,1-4H3,(H2,16,18). The van der Waals surface area contributed by atoms with Crippen LogP contribution in [-0.4, -0.2) is 11.0 Å². The number of thiocarbonyl (C=S) groups is 1. The molecule has 1 aromatic rings. The first kappa shape index (κ1) is 13.8. The van der Waals surface area contributed by atoms with E-state index in [9.17, 15) is 0 Å². The molecule has 0 heterocycles. The van der Waals surface area contributed by atoms with Crippen LogP contribution in [0.15, 0.2) is 22.7 Å². The summed E-state index contributed by atoms with van der Waals surface area (Å²) in [5, 5.41) is 3.59. The first-order valence-electron chi connectivity index (χ1n) is 6.04. The van der Waals surface area contributed by atoms with Gasteiger partial charge in [-0.05, 0) is 29.0 Å². The third-order valence-electron chi connectivity index (χ3n) is 4.57. The van der Waals surface area contributed by atoms with Crippen molar-refractivity contribution in [2.75, 3.05) is 5.32 Å². The van der Waals surface area contributed by atoms with Crippen LogP contribution in [0.25, 0.3) is 0 Å². The van der Waals surface area contributed by atoms with E-state index >= 15 is 0 Å². The second kappa shape index (κ2) is 4.20. The largest absolute Gasteiger partial charge is 0.389 e. The van der Waals surface area contributed by atoms with Crippen molar-refractivity contribution in [1.82, 2.24) is 0 Å². The zero-order valence-corrected chi connectivity index (χ0v) is 13.6. The molecule has 0 amide bonds. The van der Waals surface area contributed by atoms with Crippen LogP contribution in [0.4, 0.5) is 5.69 Å². The maximum atomic E-state index is 5.77. The first-order chi connectivity index (χ1) is 8.18. The van der Waals surface area contributed by atoms with Crippen LogP contribution in [0.2, 0.25) is 0 Å². The number of nitrogens with two attached hydrogens (primary N) is 1. The van der Waals surface area contributed by atoms with E-state index in [4.69, 9.17) is 18.0 Å². The molecule has 1 aliphatic carbocycles. The van der Waals surface area contributed by atoms with Crippen LogP contribution in [0, 0.1) is 10.8 Å². The molecule has 1 fully saturated rings. The summed E-state index contributed by atoms with van der Waals surface area (Å²) in [5.41, 5.74) is 8.26. The van der Waals surface area contributed by atoms with E-state index in [1.54, 1.807) is 0 Å². The number of hydrogen-bond donors (Lipinski definition) is 2. The van der Waals surface area contributed by atoms with Gasteiger partial charge in [-0.1, -0.05) is 55.8 Å². The lowest BCUT2D eigenvalue weighted by Crippen LogP contribution is -2.16. The Hall–Kier alpha value is -0.610. The third-order valence-corrected chi connectivity index (χ3v) is 5.28. The predicted molar refractivity (Wildman–Crippen MR) is 85.0 cm³/mol. The Morgan fingerprint density at radius 3 is 2.28 bits per heavy atom. The van der Waals surface area contributed by atoms with Crippen molar-refractivity contribution < 1.29 is 0 Å². The van der Waals surface area contributed by atoms with E-state index in [-0.39, 0.29) is 10.8 Å². The van der Waals surface area contributed by atoms with Gasteiger partial charge in [0.05, 0.1) is 0 Å². The van der Waals surface area contributed by atoms with Crippen molar-refractivity contribution in [3.63, 3.8) is 0 Å². The maximum Gasteiger partial charge on any atom is 0.106 e. The van der Waals surface area contributed by atoms with E-state index in [1.165, 1.54) is 0 Å². The molecule has 18 heavy (non-hydrogen) atoms. The van der Waals surface area contributed by atoms with Gasteiger partial charge in [0.25, 0.3) is 0 Å². The minimum absolute atomic E-state index is 0.281. The Morgan fingerprint density at radius 1 is 1.28 bits per heavy atom. The maximum absolute atomic E-state index is 5.77. The first-order valence-corrected chi connectivity index (χ1v) is 7.24. The van der Waals surface area contributed by atoms with Gasteiger partial charge in [-0.15, -0.1) is 0 Å². The van der Waals surface area contributed by atoms with Crippen LogP contribution in [0.5, 0.6) is 0 Å². The molecule has 2 nitrogen and oxygen atoms in total. The minimum Gasteiger partial charge on any atom is -0.389 e. The van der Waals surface area contributed by atoms with Crippen molar-refractivity contribution in [3.8, 4) is 0 Å². The fourth-order valence-corrected chi connectivity index (χ4v) is 3.10. The monoisotopic (exact) mass is 326 g/mol. The minimum atomic E-state index is 0.281. The second-order valence-corrected chi connectivity index (χ2v) is 7.43. The Labute approximate surface area is 122 Å². The summed E-state index contributed by atoms with van der Waals surface area (Å²) >= 11 is 8.59. The van der Waals surface area contributed by atoms with Crippen LogP contribution < -0.4 is 11.1 Å². The Morgan fingerprint density at radius 2 is 1.83 bits per heavy atom. The highest BCUT2D eigenvalue weighted by molar-refractivity contribution is 9.10. The van der Waals surface area contributed by atoms with Gasteiger partial charge in [0.2, 0.25) is 0 Å². The normalized spacial score (nSPS) is 20.5. The van der Waals surface area contributed by atoms with E-state index in [0.717, 1.165) is 15.7 Å². The van der Waals surface area contributed by atoms with Gasteiger partial charge >= 0.3 is 0 Å². The van der Waals surface area contributed by atoms with Crippen molar-refractivity contribution in [2.24, 2.45) is 16.6 Å². The van der Waals surface area contributed by atoms with Gasteiger partial charge in [-0.2, -0.15) is 0 Å². The molecule has 1 saturated carbocycles. The smallest absolute Gasteiger partial charge is 0.106 e. The lowest BCUT2D eigenvalue weighted by atomic mass is 10.0. The van der Waals surface area contributed by atoms with Crippen molar-refractivity contribution >= 4 is 38.8 Å². The summed E-state index contributed by atoms with van der Waals surface area (Å²) in [5.74, 6) is 0. The fourth-order valence-electron chi connectivity index (χ4n) is 2.56. The molecule has 98 valence electrons. The van der Waals surface area contributed by atoms with E-state index in [0.29, 0.717) is 11.0 Å². The van der Waals surface area contributed by atoms with Gasteiger partial charge in [-0.25, -0.2) is 0 Å². The predicted octanol–water partition coefficient (Wildman–Crippen LogP) is 3.93. The van der Waals surface area contributed by atoms with Gasteiger partial charge < -0.3 is 11.1 Å². The zero-order valence-electron chi connectivity index (χ0n) is 11.2. The van der Waals surface area contributed by atoms with E-state index in [2.05, 4.69) is 48.9 Å². The topological polar surface area (TPSA) is 38.0 Å². The number of nitrogens with one attached hydrogen (secondary N) is 1. The number of rotatable bonds is 3. The van der Waals surface area contributed by atoms with E-state index in [1.807, 2.05) is 18.2 Å². The molecule has 3 N–H and O–H groups in total. The highest BCUT2D eigenvalue weighted by atomic mass is 79.9. The van der Waals surface area contributed by atoms with E-state index < -0.39 is 0 Å².